The molecule has 1 aliphatic heterocycles. The summed E-state index contributed by atoms with van der Waals surface area (Å²) in [4.78, 5) is 2.32. The summed E-state index contributed by atoms with van der Waals surface area (Å²) in [5, 5.41) is 3.54. The normalized spacial score (nSPS) is 20.0. The molecule has 2 rings (SSSR count). The van der Waals surface area contributed by atoms with E-state index in [9.17, 15) is 0 Å². The molecule has 1 aromatic carbocycles. The minimum Gasteiger partial charge on any atom is -0.374 e. The SMILES string of the molecule is CN(CCC1CCCN1)c1ccccc1Br. The largest absolute Gasteiger partial charge is 0.374 e. The standard InChI is InChI=1S/C13H19BrN2/c1-16(10-8-11-5-4-9-15-11)13-7-3-2-6-12(13)14/h2-3,6-7,11,15H,4-5,8-10H2,1H3. The molecular weight excluding hydrogens is 264 g/mol. The van der Waals surface area contributed by atoms with E-state index in [4.69, 9.17) is 0 Å². The van der Waals surface area contributed by atoms with Crippen LogP contribution >= 0.6 is 15.9 Å². The van der Waals surface area contributed by atoms with Crippen LogP contribution in [0.2, 0.25) is 0 Å². The van der Waals surface area contributed by atoms with E-state index in [1.54, 1.807) is 0 Å². The van der Waals surface area contributed by atoms with E-state index in [1.807, 2.05) is 0 Å². The van der Waals surface area contributed by atoms with Gasteiger partial charge in [0.1, 0.15) is 0 Å². The zero-order valence-corrected chi connectivity index (χ0v) is 11.3. The maximum absolute atomic E-state index is 3.59. The van der Waals surface area contributed by atoms with E-state index in [2.05, 4.69) is 57.5 Å². The number of halogens is 1. The summed E-state index contributed by atoms with van der Waals surface area (Å²) in [5.41, 5.74) is 1.28. The van der Waals surface area contributed by atoms with Crippen LogP contribution < -0.4 is 10.2 Å². The number of nitrogens with zero attached hydrogens (tertiary/aromatic N) is 1. The van der Waals surface area contributed by atoms with Gasteiger partial charge in [-0.05, 0) is 53.9 Å². The lowest BCUT2D eigenvalue weighted by atomic mass is 10.1. The van der Waals surface area contributed by atoms with Crippen molar-refractivity contribution in [1.29, 1.82) is 0 Å². The number of hydrogen-bond acceptors (Lipinski definition) is 2. The highest BCUT2D eigenvalue weighted by atomic mass is 79.9. The predicted molar refractivity (Wildman–Crippen MR) is 73.1 cm³/mol. The van der Waals surface area contributed by atoms with Gasteiger partial charge in [-0.2, -0.15) is 0 Å². The van der Waals surface area contributed by atoms with Crippen molar-refractivity contribution in [3.63, 3.8) is 0 Å². The Bertz CT molecular complexity index is 334. The molecule has 1 aliphatic rings. The Morgan fingerprint density at radius 2 is 2.25 bits per heavy atom. The molecular formula is C13H19BrN2. The van der Waals surface area contributed by atoms with Crippen LogP contribution in [0.3, 0.4) is 0 Å². The Hall–Kier alpha value is -0.540. The fourth-order valence-corrected chi connectivity index (χ4v) is 2.82. The van der Waals surface area contributed by atoms with Crippen molar-refractivity contribution in [3.05, 3.63) is 28.7 Å². The van der Waals surface area contributed by atoms with E-state index < -0.39 is 0 Å². The van der Waals surface area contributed by atoms with Crippen molar-refractivity contribution in [2.24, 2.45) is 0 Å². The first kappa shape index (κ1) is 11.9. The maximum Gasteiger partial charge on any atom is 0.0508 e. The minimum absolute atomic E-state index is 0.727. The second-order valence-electron chi connectivity index (χ2n) is 4.45. The van der Waals surface area contributed by atoms with E-state index in [0.29, 0.717) is 0 Å². The van der Waals surface area contributed by atoms with Crippen LogP contribution in [0.4, 0.5) is 5.69 Å². The predicted octanol–water partition coefficient (Wildman–Crippen LogP) is 3.03. The quantitative estimate of drug-likeness (QED) is 0.913. The summed E-state index contributed by atoms with van der Waals surface area (Å²) in [6.07, 6.45) is 3.91. The van der Waals surface area contributed by atoms with Crippen molar-refractivity contribution < 1.29 is 0 Å². The molecule has 0 radical (unpaired) electrons. The monoisotopic (exact) mass is 282 g/mol. The smallest absolute Gasteiger partial charge is 0.0508 e. The summed E-state index contributed by atoms with van der Waals surface area (Å²) in [7, 11) is 2.16. The molecule has 2 nitrogen and oxygen atoms in total. The number of benzene rings is 1. The van der Waals surface area contributed by atoms with Crippen LogP contribution in [0.1, 0.15) is 19.3 Å². The zero-order chi connectivity index (χ0) is 11.4. The molecule has 88 valence electrons. The van der Waals surface area contributed by atoms with Gasteiger partial charge in [0.05, 0.1) is 5.69 Å². The third-order valence-corrected chi connectivity index (χ3v) is 3.91. The van der Waals surface area contributed by atoms with Crippen LogP contribution in [0.15, 0.2) is 28.7 Å². The minimum atomic E-state index is 0.727. The molecule has 0 saturated carbocycles. The highest BCUT2D eigenvalue weighted by Crippen LogP contribution is 2.25. The first-order valence-corrected chi connectivity index (χ1v) is 6.76. The van der Waals surface area contributed by atoms with Crippen molar-refractivity contribution >= 4 is 21.6 Å². The lowest BCUT2D eigenvalue weighted by Gasteiger charge is -2.22. The average Bonchev–Trinajstić information content (AvgIpc) is 2.79. The summed E-state index contributed by atoms with van der Waals surface area (Å²) in [6, 6.07) is 9.13. The van der Waals surface area contributed by atoms with Gasteiger partial charge in [-0.15, -0.1) is 0 Å². The van der Waals surface area contributed by atoms with Crippen molar-refractivity contribution in [2.75, 3.05) is 25.0 Å². The maximum atomic E-state index is 3.59. The molecule has 0 spiro atoms. The molecule has 1 atom stereocenters. The first-order chi connectivity index (χ1) is 7.77. The average molecular weight is 283 g/mol. The number of nitrogens with one attached hydrogen (secondary N) is 1. The lowest BCUT2D eigenvalue weighted by Crippen LogP contribution is -2.28. The molecule has 1 unspecified atom stereocenters. The third kappa shape index (κ3) is 2.98. The van der Waals surface area contributed by atoms with Gasteiger partial charge >= 0.3 is 0 Å². The van der Waals surface area contributed by atoms with Gasteiger partial charge in [0.2, 0.25) is 0 Å². The van der Waals surface area contributed by atoms with Crippen molar-refractivity contribution in [3.8, 4) is 0 Å². The Kier molecular flexibility index (Phi) is 4.24. The van der Waals surface area contributed by atoms with Gasteiger partial charge in [-0.1, -0.05) is 12.1 Å². The molecule has 0 amide bonds. The molecule has 1 saturated heterocycles. The number of para-hydroxylation sites is 1. The molecule has 16 heavy (non-hydrogen) atoms. The topological polar surface area (TPSA) is 15.3 Å². The van der Waals surface area contributed by atoms with Gasteiger partial charge < -0.3 is 10.2 Å². The number of hydrogen-bond donors (Lipinski definition) is 1. The van der Waals surface area contributed by atoms with Gasteiger partial charge in [-0.25, -0.2) is 0 Å². The van der Waals surface area contributed by atoms with Crippen LogP contribution in [0.25, 0.3) is 0 Å². The van der Waals surface area contributed by atoms with Gasteiger partial charge in [0, 0.05) is 24.1 Å². The molecule has 1 fully saturated rings. The third-order valence-electron chi connectivity index (χ3n) is 3.24. The van der Waals surface area contributed by atoms with Crippen LogP contribution in [0, 0.1) is 0 Å². The molecule has 1 heterocycles. The van der Waals surface area contributed by atoms with Crippen molar-refractivity contribution in [2.45, 2.75) is 25.3 Å². The Morgan fingerprint density at radius 1 is 1.44 bits per heavy atom. The summed E-state index contributed by atoms with van der Waals surface area (Å²) >= 11 is 3.59. The van der Waals surface area contributed by atoms with Gasteiger partial charge in [0.15, 0.2) is 0 Å². The molecule has 0 aliphatic carbocycles. The van der Waals surface area contributed by atoms with Crippen LogP contribution in [-0.2, 0) is 0 Å². The van der Waals surface area contributed by atoms with E-state index in [0.717, 1.165) is 12.6 Å². The number of rotatable bonds is 4. The van der Waals surface area contributed by atoms with Gasteiger partial charge in [-0.3, -0.25) is 0 Å². The molecule has 0 bridgehead atoms. The van der Waals surface area contributed by atoms with E-state index in [-0.39, 0.29) is 0 Å². The molecule has 1 aromatic rings. The second-order valence-corrected chi connectivity index (χ2v) is 5.31. The van der Waals surface area contributed by atoms with E-state index >= 15 is 0 Å². The molecule has 0 aromatic heterocycles. The molecule has 3 heteroatoms. The van der Waals surface area contributed by atoms with E-state index in [1.165, 1.54) is 36.0 Å². The second kappa shape index (κ2) is 5.69. The Balaban J connectivity index is 1.87. The fourth-order valence-electron chi connectivity index (χ4n) is 2.23. The van der Waals surface area contributed by atoms with Crippen molar-refractivity contribution in [1.82, 2.24) is 5.32 Å². The highest BCUT2D eigenvalue weighted by Gasteiger charge is 2.14. The fraction of sp³-hybridized carbons (Fsp3) is 0.538. The van der Waals surface area contributed by atoms with Crippen LogP contribution in [0.5, 0.6) is 0 Å². The molecule has 1 N–H and O–H groups in total. The number of anilines is 1. The van der Waals surface area contributed by atoms with Gasteiger partial charge in [0.25, 0.3) is 0 Å². The Labute approximate surface area is 106 Å². The Morgan fingerprint density at radius 3 is 2.94 bits per heavy atom. The lowest BCUT2D eigenvalue weighted by molar-refractivity contribution is 0.559. The van der Waals surface area contributed by atoms with Crippen LogP contribution in [-0.4, -0.2) is 26.2 Å². The zero-order valence-electron chi connectivity index (χ0n) is 9.75. The summed E-state index contributed by atoms with van der Waals surface area (Å²) in [6.45, 7) is 2.31. The first-order valence-electron chi connectivity index (χ1n) is 5.96. The highest BCUT2D eigenvalue weighted by molar-refractivity contribution is 9.10. The summed E-state index contributed by atoms with van der Waals surface area (Å²) in [5.74, 6) is 0. The summed E-state index contributed by atoms with van der Waals surface area (Å²) < 4.78 is 1.18.